The van der Waals surface area contributed by atoms with Gasteiger partial charge >= 0.3 is 0 Å². The van der Waals surface area contributed by atoms with E-state index in [9.17, 15) is 5.11 Å². The quantitative estimate of drug-likeness (QED) is 0.768. The lowest BCUT2D eigenvalue weighted by Gasteiger charge is -2.08. The van der Waals surface area contributed by atoms with Crippen LogP contribution in [0.4, 0.5) is 0 Å². The minimum atomic E-state index is -0.213. The van der Waals surface area contributed by atoms with Gasteiger partial charge in [-0.3, -0.25) is 5.10 Å². The summed E-state index contributed by atoms with van der Waals surface area (Å²) in [6.07, 6.45) is 0.660. The van der Waals surface area contributed by atoms with Gasteiger partial charge in [0.1, 0.15) is 11.6 Å². The van der Waals surface area contributed by atoms with Crippen LogP contribution in [-0.2, 0) is 6.42 Å². The number of nitrogens with two attached hydrogens (primary N) is 1. The van der Waals surface area contributed by atoms with Crippen LogP contribution in [0.25, 0.3) is 0 Å². The zero-order chi connectivity index (χ0) is 13.1. The molecule has 0 bridgehead atoms. The van der Waals surface area contributed by atoms with Gasteiger partial charge in [0.05, 0.1) is 6.04 Å². The Labute approximate surface area is 106 Å². The molecule has 2 aromatic rings. The minimum Gasteiger partial charge on any atom is -0.508 e. The second-order valence-corrected chi connectivity index (χ2v) is 4.71. The summed E-state index contributed by atoms with van der Waals surface area (Å²) in [5.41, 5.74) is 7.14. The van der Waals surface area contributed by atoms with Crippen molar-refractivity contribution in [1.29, 1.82) is 0 Å². The number of aromatic hydroxyl groups is 1. The number of aromatic nitrogens is 3. The highest BCUT2D eigenvalue weighted by Crippen LogP contribution is 2.17. The van der Waals surface area contributed by atoms with Crippen LogP contribution in [0.15, 0.2) is 24.3 Å². The number of benzene rings is 1. The summed E-state index contributed by atoms with van der Waals surface area (Å²) < 4.78 is 0. The predicted molar refractivity (Wildman–Crippen MR) is 69.2 cm³/mol. The summed E-state index contributed by atoms with van der Waals surface area (Å²) in [6, 6.07) is 6.81. The van der Waals surface area contributed by atoms with Crippen LogP contribution in [0, 0.1) is 0 Å². The molecule has 1 aromatic carbocycles. The molecule has 1 unspecified atom stereocenters. The molecule has 0 radical (unpaired) electrons. The van der Waals surface area contributed by atoms with Crippen molar-refractivity contribution in [3.8, 4) is 5.75 Å². The first-order chi connectivity index (χ1) is 8.56. The van der Waals surface area contributed by atoms with Gasteiger partial charge in [-0.2, -0.15) is 5.10 Å². The molecular weight excluding hydrogens is 228 g/mol. The second kappa shape index (κ2) is 5.18. The Kier molecular flexibility index (Phi) is 3.62. The first kappa shape index (κ1) is 12.6. The van der Waals surface area contributed by atoms with Crippen LogP contribution in [0.3, 0.4) is 0 Å². The van der Waals surface area contributed by atoms with Gasteiger partial charge in [-0.15, -0.1) is 0 Å². The van der Waals surface area contributed by atoms with Gasteiger partial charge in [-0.05, 0) is 24.1 Å². The van der Waals surface area contributed by atoms with Crippen molar-refractivity contribution >= 4 is 0 Å². The first-order valence-corrected chi connectivity index (χ1v) is 6.02. The SMILES string of the molecule is CC(C)c1n[nH]c(C(N)Cc2ccc(O)cc2)n1. The maximum Gasteiger partial charge on any atom is 0.153 e. The molecule has 0 aliphatic heterocycles. The number of rotatable bonds is 4. The van der Waals surface area contributed by atoms with E-state index in [2.05, 4.69) is 15.2 Å². The highest BCUT2D eigenvalue weighted by Gasteiger charge is 2.13. The molecule has 2 rings (SSSR count). The number of hydrogen-bond acceptors (Lipinski definition) is 4. The molecule has 0 saturated heterocycles. The number of aromatic amines is 1. The Balaban J connectivity index is 2.06. The highest BCUT2D eigenvalue weighted by molar-refractivity contribution is 5.26. The number of nitrogens with one attached hydrogen (secondary N) is 1. The number of phenols is 1. The monoisotopic (exact) mass is 246 g/mol. The van der Waals surface area contributed by atoms with Gasteiger partial charge in [-0.1, -0.05) is 26.0 Å². The molecule has 18 heavy (non-hydrogen) atoms. The van der Waals surface area contributed by atoms with Crippen molar-refractivity contribution in [2.75, 3.05) is 0 Å². The fourth-order valence-corrected chi connectivity index (χ4v) is 1.69. The Morgan fingerprint density at radius 2 is 1.94 bits per heavy atom. The minimum absolute atomic E-state index is 0.213. The lowest BCUT2D eigenvalue weighted by molar-refractivity contribution is 0.475. The summed E-state index contributed by atoms with van der Waals surface area (Å²) in [5, 5.41) is 16.2. The van der Waals surface area contributed by atoms with Crippen LogP contribution in [-0.4, -0.2) is 20.3 Å². The van der Waals surface area contributed by atoms with Crippen LogP contribution < -0.4 is 5.73 Å². The summed E-state index contributed by atoms with van der Waals surface area (Å²) in [4.78, 5) is 4.38. The topological polar surface area (TPSA) is 87.8 Å². The molecule has 0 amide bonds. The number of H-pyrrole nitrogens is 1. The average molecular weight is 246 g/mol. The molecule has 0 saturated carbocycles. The van der Waals surface area contributed by atoms with Crippen LogP contribution in [0.2, 0.25) is 0 Å². The fourth-order valence-electron chi connectivity index (χ4n) is 1.69. The van der Waals surface area contributed by atoms with E-state index >= 15 is 0 Å². The summed E-state index contributed by atoms with van der Waals surface area (Å²) in [7, 11) is 0. The van der Waals surface area contributed by atoms with Gasteiger partial charge in [0.25, 0.3) is 0 Å². The molecule has 4 N–H and O–H groups in total. The molecule has 1 aromatic heterocycles. The van der Waals surface area contributed by atoms with Crippen molar-refractivity contribution in [2.45, 2.75) is 32.2 Å². The zero-order valence-corrected chi connectivity index (χ0v) is 10.6. The Bertz CT molecular complexity index is 504. The molecule has 1 heterocycles. The van der Waals surface area contributed by atoms with E-state index in [1.807, 2.05) is 26.0 Å². The predicted octanol–water partition coefficient (Wildman–Crippen LogP) is 1.88. The maximum atomic E-state index is 9.21. The summed E-state index contributed by atoms with van der Waals surface area (Å²) in [5.74, 6) is 2.03. The average Bonchev–Trinajstić information content (AvgIpc) is 2.81. The van der Waals surface area contributed by atoms with Crippen LogP contribution >= 0.6 is 0 Å². The molecule has 0 spiro atoms. The van der Waals surface area contributed by atoms with E-state index in [0.29, 0.717) is 12.2 Å². The molecule has 1 atom stereocenters. The van der Waals surface area contributed by atoms with Crippen molar-refractivity contribution in [3.63, 3.8) is 0 Å². The van der Waals surface area contributed by atoms with Crippen molar-refractivity contribution in [2.24, 2.45) is 5.73 Å². The van der Waals surface area contributed by atoms with Gasteiger partial charge in [-0.25, -0.2) is 4.98 Å². The Hall–Kier alpha value is -1.88. The summed E-state index contributed by atoms with van der Waals surface area (Å²) in [6.45, 7) is 4.08. The molecule has 5 nitrogen and oxygen atoms in total. The maximum absolute atomic E-state index is 9.21. The second-order valence-electron chi connectivity index (χ2n) is 4.71. The van der Waals surface area contributed by atoms with Crippen molar-refractivity contribution in [1.82, 2.24) is 15.2 Å². The highest BCUT2D eigenvalue weighted by atomic mass is 16.3. The Morgan fingerprint density at radius 3 is 2.50 bits per heavy atom. The van der Waals surface area contributed by atoms with E-state index in [-0.39, 0.29) is 17.7 Å². The third kappa shape index (κ3) is 2.87. The normalized spacial score (nSPS) is 12.9. The number of nitrogens with zero attached hydrogens (tertiary/aromatic N) is 2. The van der Waals surface area contributed by atoms with E-state index in [1.54, 1.807) is 12.1 Å². The molecule has 0 fully saturated rings. The third-order valence-corrected chi connectivity index (χ3v) is 2.78. The Morgan fingerprint density at radius 1 is 1.28 bits per heavy atom. The lowest BCUT2D eigenvalue weighted by Crippen LogP contribution is -2.15. The van der Waals surface area contributed by atoms with E-state index in [4.69, 9.17) is 5.73 Å². The largest absolute Gasteiger partial charge is 0.508 e. The van der Waals surface area contributed by atoms with Gasteiger partial charge in [0.15, 0.2) is 5.82 Å². The lowest BCUT2D eigenvalue weighted by atomic mass is 10.1. The fraction of sp³-hybridized carbons (Fsp3) is 0.385. The number of hydrogen-bond donors (Lipinski definition) is 3. The van der Waals surface area contributed by atoms with Gasteiger partial charge in [0, 0.05) is 5.92 Å². The summed E-state index contributed by atoms with van der Waals surface area (Å²) >= 11 is 0. The standard InChI is InChI=1S/C13H18N4O/c1-8(2)12-15-13(17-16-12)11(14)7-9-3-5-10(18)6-4-9/h3-6,8,11,18H,7,14H2,1-2H3,(H,15,16,17). The zero-order valence-electron chi connectivity index (χ0n) is 10.6. The first-order valence-electron chi connectivity index (χ1n) is 6.02. The molecule has 5 heteroatoms. The van der Waals surface area contributed by atoms with E-state index < -0.39 is 0 Å². The van der Waals surface area contributed by atoms with E-state index in [0.717, 1.165) is 11.4 Å². The van der Waals surface area contributed by atoms with E-state index in [1.165, 1.54) is 0 Å². The number of phenolic OH excluding ortho intramolecular Hbond substituents is 1. The van der Waals surface area contributed by atoms with Gasteiger partial charge in [0.2, 0.25) is 0 Å². The molecule has 0 aliphatic rings. The van der Waals surface area contributed by atoms with Crippen molar-refractivity contribution < 1.29 is 5.11 Å². The third-order valence-electron chi connectivity index (χ3n) is 2.78. The molecule has 96 valence electrons. The van der Waals surface area contributed by atoms with Crippen LogP contribution in [0.1, 0.15) is 43.0 Å². The van der Waals surface area contributed by atoms with Gasteiger partial charge < -0.3 is 10.8 Å². The van der Waals surface area contributed by atoms with Crippen molar-refractivity contribution in [3.05, 3.63) is 41.5 Å². The molecule has 0 aliphatic carbocycles. The van der Waals surface area contributed by atoms with Crippen LogP contribution in [0.5, 0.6) is 5.75 Å². The molecular formula is C13H18N4O. The smallest absolute Gasteiger partial charge is 0.153 e.